The van der Waals surface area contributed by atoms with Crippen molar-refractivity contribution < 1.29 is 0 Å². The van der Waals surface area contributed by atoms with Gasteiger partial charge in [0.05, 0.1) is 6.54 Å². The van der Waals surface area contributed by atoms with Crippen molar-refractivity contribution in [1.29, 1.82) is 0 Å². The zero-order valence-electron chi connectivity index (χ0n) is 8.57. The Labute approximate surface area is 98.0 Å². The molecule has 5 heteroatoms. The third kappa shape index (κ3) is 3.40. The Morgan fingerprint density at radius 3 is 2.87 bits per heavy atom. The minimum atomic E-state index is 0.435. The lowest BCUT2D eigenvalue weighted by molar-refractivity contribution is 0.790. The van der Waals surface area contributed by atoms with E-state index in [9.17, 15) is 0 Å². The van der Waals surface area contributed by atoms with Gasteiger partial charge in [0.25, 0.3) is 0 Å². The van der Waals surface area contributed by atoms with Crippen LogP contribution in [0.5, 0.6) is 0 Å². The van der Waals surface area contributed by atoms with Crippen LogP contribution in [0.3, 0.4) is 0 Å². The number of nitrogens with two attached hydrogens (primary N) is 1. The van der Waals surface area contributed by atoms with Gasteiger partial charge in [-0.15, -0.1) is 6.42 Å². The monoisotopic (exact) mass is 268 g/mol. The predicted octanol–water partition coefficient (Wildman–Crippen LogP) is 1.67. The summed E-state index contributed by atoms with van der Waals surface area (Å²) in [5.41, 5.74) is 5.63. The Morgan fingerprint density at radius 2 is 2.33 bits per heavy atom. The minimum Gasteiger partial charge on any atom is -0.383 e. The zero-order valence-corrected chi connectivity index (χ0v) is 10.2. The van der Waals surface area contributed by atoms with E-state index in [4.69, 9.17) is 12.2 Å². The second-order valence-electron chi connectivity index (χ2n) is 3.04. The fraction of sp³-hybridized carbons (Fsp3) is 0.400. The molecular weight excluding hydrogens is 256 g/mol. The lowest BCUT2D eigenvalue weighted by Crippen LogP contribution is -2.26. The Kier molecular flexibility index (Phi) is 4.37. The number of rotatable bonds is 4. The van der Waals surface area contributed by atoms with Crippen LogP contribution in [0.1, 0.15) is 13.3 Å². The van der Waals surface area contributed by atoms with Crippen LogP contribution in [0.15, 0.2) is 10.7 Å². The molecule has 0 aromatic carbocycles. The van der Waals surface area contributed by atoms with Gasteiger partial charge < -0.3 is 10.6 Å². The SMILES string of the molecule is C#CCN(CCC)c1nc(N)cc(Br)n1. The average molecular weight is 269 g/mol. The summed E-state index contributed by atoms with van der Waals surface area (Å²) in [6.45, 7) is 3.38. The van der Waals surface area contributed by atoms with Crippen LogP contribution in [0.4, 0.5) is 11.8 Å². The molecule has 0 saturated carbocycles. The van der Waals surface area contributed by atoms with Gasteiger partial charge in [-0.3, -0.25) is 0 Å². The first-order valence-corrected chi connectivity index (χ1v) is 5.45. The maximum Gasteiger partial charge on any atom is 0.229 e. The lowest BCUT2D eigenvalue weighted by Gasteiger charge is -2.19. The van der Waals surface area contributed by atoms with Gasteiger partial charge in [-0.25, -0.2) is 4.98 Å². The Balaban J connectivity index is 2.95. The van der Waals surface area contributed by atoms with Gasteiger partial charge in [0.1, 0.15) is 10.4 Å². The van der Waals surface area contributed by atoms with E-state index in [0.29, 0.717) is 22.9 Å². The molecule has 1 aromatic heterocycles. The Morgan fingerprint density at radius 1 is 1.60 bits per heavy atom. The smallest absolute Gasteiger partial charge is 0.229 e. The van der Waals surface area contributed by atoms with Gasteiger partial charge in [-0.1, -0.05) is 12.8 Å². The van der Waals surface area contributed by atoms with E-state index in [1.54, 1.807) is 6.07 Å². The fourth-order valence-corrected chi connectivity index (χ4v) is 1.59. The Hall–Kier alpha value is -1.28. The second-order valence-corrected chi connectivity index (χ2v) is 3.85. The van der Waals surface area contributed by atoms with Gasteiger partial charge in [-0.2, -0.15) is 4.98 Å². The van der Waals surface area contributed by atoms with Crippen molar-refractivity contribution in [1.82, 2.24) is 9.97 Å². The fourth-order valence-electron chi connectivity index (χ4n) is 1.19. The maximum atomic E-state index is 5.63. The third-order valence-electron chi connectivity index (χ3n) is 1.76. The van der Waals surface area contributed by atoms with Crippen molar-refractivity contribution in [3.63, 3.8) is 0 Å². The first kappa shape index (κ1) is 11.8. The van der Waals surface area contributed by atoms with Crippen LogP contribution in [0.2, 0.25) is 0 Å². The van der Waals surface area contributed by atoms with E-state index in [-0.39, 0.29) is 0 Å². The molecule has 0 amide bonds. The average Bonchev–Trinajstić information content (AvgIpc) is 2.16. The second kappa shape index (κ2) is 5.56. The molecule has 0 unspecified atom stereocenters. The first-order valence-electron chi connectivity index (χ1n) is 4.65. The number of nitrogen functional groups attached to an aromatic ring is 1. The Bertz CT molecular complexity index is 352. The molecule has 1 aromatic rings. The van der Waals surface area contributed by atoms with Gasteiger partial charge in [0.15, 0.2) is 0 Å². The molecule has 0 saturated heterocycles. The van der Waals surface area contributed by atoms with Crippen LogP contribution in [-0.2, 0) is 0 Å². The standard InChI is InChI=1S/C10H13BrN4/c1-3-5-15(6-4-2)10-13-8(11)7-9(12)14-10/h1,7H,4-6H2,2H3,(H2,12,13,14). The number of hydrogen-bond donors (Lipinski definition) is 1. The summed E-state index contributed by atoms with van der Waals surface area (Å²) in [5.74, 6) is 3.59. The molecule has 80 valence electrons. The van der Waals surface area contributed by atoms with E-state index < -0.39 is 0 Å². The summed E-state index contributed by atoms with van der Waals surface area (Å²) < 4.78 is 0.670. The van der Waals surface area contributed by atoms with Crippen molar-refractivity contribution in [3.8, 4) is 12.3 Å². The minimum absolute atomic E-state index is 0.435. The molecule has 0 aliphatic rings. The maximum absolute atomic E-state index is 5.63. The normalized spacial score (nSPS) is 9.67. The number of halogens is 1. The van der Waals surface area contributed by atoms with Crippen molar-refractivity contribution in [2.75, 3.05) is 23.7 Å². The van der Waals surface area contributed by atoms with E-state index in [1.807, 2.05) is 4.90 Å². The summed E-state index contributed by atoms with van der Waals surface area (Å²) >= 11 is 3.27. The van der Waals surface area contributed by atoms with Crippen molar-refractivity contribution in [2.45, 2.75) is 13.3 Å². The van der Waals surface area contributed by atoms with E-state index in [0.717, 1.165) is 13.0 Å². The highest BCUT2D eigenvalue weighted by Crippen LogP contribution is 2.15. The van der Waals surface area contributed by atoms with E-state index in [2.05, 4.69) is 38.7 Å². The molecule has 0 radical (unpaired) electrons. The number of terminal acetylenes is 1. The zero-order chi connectivity index (χ0) is 11.3. The molecule has 0 aliphatic carbocycles. The van der Waals surface area contributed by atoms with Gasteiger partial charge in [0, 0.05) is 12.6 Å². The van der Waals surface area contributed by atoms with Gasteiger partial charge in [0.2, 0.25) is 5.95 Å². The highest BCUT2D eigenvalue weighted by molar-refractivity contribution is 9.10. The molecule has 0 bridgehead atoms. The largest absolute Gasteiger partial charge is 0.383 e. The van der Waals surface area contributed by atoms with Gasteiger partial charge >= 0.3 is 0 Å². The van der Waals surface area contributed by atoms with E-state index in [1.165, 1.54) is 0 Å². The number of anilines is 2. The molecule has 15 heavy (non-hydrogen) atoms. The molecule has 2 N–H and O–H groups in total. The molecule has 4 nitrogen and oxygen atoms in total. The first-order chi connectivity index (χ1) is 7.17. The molecule has 0 atom stereocenters. The molecule has 0 fully saturated rings. The number of aromatic nitrogens is 2. The quantitative estimate of drug-likeness (QED) is 0.667. The number of hydrogen-bond acceptors (Lipinski definition) is 4. The van der Waals surface area contributed by atoms with Crippen molar-refractivity contribution in [2.24, 2.45) is 0 Å². The van der Waals surface area contributed by atoms with Crippen LogP contribution in [-0.4, -0.2) is 23.1 Å². The molecule has 0 spiro atoms. The van der Waals surface area contributed by atoms with Crippen LogP contribution >= 0.6 is 15.9 Å². The number of nitrogens with zero attached hydrogens (tertiary/aromatic N) is 3. The highest BCUT2D eigenvalue weighted by Gasteiger charge is 2.08. The topological polar surface area (TPSA) is 55.0 Å². The molecule has 0 aliphatic heterocycles. The van der Waals surface area contributed by atoms with Gasteiger partial charge in [-0.05, 0) is 22.4 Å². The predicted molar refractivity (Wildman–Crippen MR) is 65.5 cm³/mol. The van der Waals surface area contributed by atoms with Crippen molar-refractivity contribution in [3.05, 3.63) is 10.7 Å². The lowest BCUT2D eigenvalue weighted by atomic mass is 10.4. The summed E-state index contributed by atoms with van der Waals surface area (Å²) in [6.07, 6.45) is 6.27. The van der Waals surface area contributed by atoms with Crippen LogP contribution in [0, 0.1) is 12.3 Å². The summed E-state index contributed by atoms with van der Waals surface area (Å²) in [6, 6.07) is 1.66. The third-order valence-corrected chi connectivity index (χ3v) is 2.17. The molecule has 1 heterocycles. The summed E-state index contributed by atoms with van der Waals surface area (Å²) in [5, 5.41) is 0. The molecular formula is C10H13BrN4. The summed E-state index contributed by atoms with van der Waals surface area (Å²) in [7, 11) is 0. The van der Waals surface area contributed by atoms with Crippen LogP contribution < -0.4 is 10.6 Å². The van der Waals surface area contributed by atoms with Crippen molar-refractivity contribution >= 4 is 27.7 Å². The molecule has 1 rings (SSSR count). The summed E-state index contributed by atoms with van der Waals surface area (Å²) in [4.78, 5) is 10.3. The highest BCUT2D eigenvalue weighted by atomic mass is 79.9. The van der Waals surface area contributed by atoms with E-state index >= 15 is 0 Å². The van der Waals surface area contributed by atoms with Crippen LogP contribution in [0.25, 0.3) is 0 Å².